The summed E-state index contributed by atoms with van der Waals surface area (Å²) in [6.45, 7) is 6.76. The van der Waals surface area contributed by atoms with Gasteiger partial charge in [-0.1, -0.05) is 49.4 Å². The fraction of sp³-hybridized carbons (Fsp3) is 0.333. The molecule has 0 saturated carbocycles. The average Bonchev–Trinajstić information content (AvgIpc) is 3.08. The second-order valence-electron chi connectivity index (χ2n) is 8.55. The topological polar surface area (TPSA) is 68.7 Å². The average molecular weight is 445 g/mol. The van der Waals surface area contributed by atoms with Crippen molar-refractivity contribution >= 4 is 17.4 Å². The second-order valence-corrected chi connectivity index (χ2v) is 8.55. The number of hydrogen-bond acceptors (Lipinski definition) is 5. The Morgan fingerprint density at radius 3 is 2.48 bits per heavy atom. The predicted molar refractivity (Wildman–Crippen MR) is 133 cm³/mol. The zero-order valence-corrected chi connectivity index (χ0v) is 19.2. The number of rotatable bonds is 7. The Morgan fingerprint density at radius 1 is 1.00 bits per heavy atom. The fourth-order valence-corrected chi connectivity index (χ4v) is 4.35. The molecule has 3 aromatic rings. The van der Waals surface area contributed by atoms with Gasteiger partial charge in [0.05, 0.1) is 17.8 Å². The molecule has 6 nitrogen and oxygen atoms in total. The van der Waals surface area contributed by atoms with Crippen molar-refractivity contribution in [2.45, 2.75) is 32.2 Å². The van der Waals surface area contributed by atoms with Crippen LogP contribution in [0.25, 0.3) is 0 Å². The standard InChI is InChI=1S/C27H32N4O2/c1-2-25(22-7-4-3-5-8-22)27(33)29-23-11-14-26(28-19-23)31-16-6-15-30(17-18-31)20-21-9-12-24(32)13-10-21/h3-5,7-14,19,25,32H,2,6,15-18,20H2,1H3,(H,29,33). The molecule has 1 aromatic heterocycles. The molecule has 2 aromatic carbocycles. The molecule has 0 spiro atoms. The lowest BCUT2D eigenvalue weighted by atomic mass is 9.95. The summed E-state index contributed by atoms with van der Waals surface area (Å²) in [5.41, 5.74) is 2.96. The SMILES string of the molecule is CCC(C(=O)Nc1ccc(N2CCCN(Cc3ccc(O)cc3)CC2)nc1)c1ccccc1. The van der Waals surface area contributed by atoms with Gasteiger partial charge in [-0.05, 0) is 48.2 Å². The largest absolute Gasteiger partial charge is 0.508 e. The number of phenolic OH excluding ortho intramolecular Hbond substituents is 1. The van der Waals surface area contributed by atoms with Crippen LogP contribution < -0.4 is 10.2 Å². The first-order chi connectivity index (χ1) is 16.1. The van der Waals surface area contributed by atoms with Crippen molar-refractivity contribution in [1.82, 2.24) is 9.88 Å². The molecule has 1 saturated heterocycles. The summed E-state index contributed by atoms with van der Waals surface area (Å²) in [6.07, 6.45) is 3.56. The number of amides is 1. The molecular formula is C27H32N4O2. The number of phenols is 1. The fourth-order valence-electron chi connectivity index (χ4n) is 4.35. The van der Waals surface area contributed by atoms with Gasteiger partial charge in [-0.25, -0.2) is 4.98 Å². The van der Waals surface area contributed by atoms with Gasteiger partial charge in [0, 0.05) is 32.7 Å². The molecule has 33 heavy (non-hydrogen) atoms. The molecule has 4 rings (SSSR count). The van der Waals surface area contributed by atoms with Gasteiger partial charge in [0.2, 0.25) is 5.91 Å². The van der Waals surface area contributed by atoms with E-state index in [1.165, 1.54) is 5.56 Å². The minimum absolute atomic E-state index is 0.00195. The third kappa shape index (κ3) is 6.11. The van der Waals surface area contributed by atoms with Crippen molar-refractivity contribution < 1.29 is 9.90 Å². The third-order valence-corrected chi connectivity index (χ3v) is 6.20. The van der Waals surface area contributed by atoms with Crippen LogP contribution >= 0.6 is 0 Å². The van der Waals surface area contributed by atoms with Crippen molar-refractivity contribution in [1.29, 1.82) is 0 Å². The van der Waals surface area contributed by atoms with Crippen molar-refractivity contribution in [3.8, 4) is 5.75 Å². The molecule has 1 fully saturated rings. The summed E-state index contributed by atoms with van der Waals surface area (Å²) in [6, 6.07) is 21.3. The number of hydrogen-bond donors (Lipinski definition) is 2. The van der Waals surface area contributed by atoms with Crippen LogP contribution in [0.1, 0.15) is 36.8 Å². The molecule has 2 N–H and O–H groups in total. The lowest BCUT2D eigenvalue weighted by Gasteiger charge is -2.23. The lowest BCUT2D eigenvalue weighted by molar-refractivity contribution is -0.117. The molecule has 0 bridgehead atoms. The quantitative estimate of drug-likeness (QED) is 0.556. The van der Waals surface area contributed by atoms with Crippen LogP contribution in [0.4, 0.5) is 11.5 Å². The van der Waals surface area contributed by atoms with Gasteiger partial charge in [0.25, 0.3) is 0 Å². The van der Waals surface area contributed by atoms with Crippen LogP contribution in [-0.4, -0.2) is 47.1 Å². The van der Waals surface area contributed by atoms with Crippen molar-refractivity contribution in [2.75, 3.05) is 36.4 Å². The Morgan fingerprint density at radius 2 is 1.79 bits per heavy atom. The first-order valence-electron chi connectivity index (χ1n) is 11.7. The molecule has 1 unspecified atom stereocenters. The van der Waals surface area contributed by atoms with E-state index in [9.17, 15) is 9.90 Å². The molecule has 1 amide bonds. The Bertz CT molecular complexity index is 1020. The molecule has 0 radical (unpaired) electrons. The summed E-state index contributed by atoms with van der Waals surface area (Å²) < 4.78 is 0. The van der Waals surface area contributed by atoms with Crippen molar-refractivity contribution in [3.63, 3.8) is 0 Å². The maximum Gasteiger partial charge on any atom is 0.231 e. The van der Waals surface area contributed by atoms with Crippen LogP contribution in [0.15, 0.2) is 72.9 Å². The minimum atomic E-state index is -0.170. The van der Waals surface area contributed by atoms with E-state index in [0.29, 0.717) is 5.75 Å². The van der Waals surface area contributed by atoms with Gasteiger partial charge in [-0.15, -0.1) is 0 Å². The van der Waals surface area contributed by atoms with Crippen LogP contribution in [0.3, 0.4) is 0 Å². The number of carbonyl (C=O) groups is 1. The normalized spacial score (nSPS) is 15.6. The molecule has 1 aliphatic rings. The molecule has 0 aliphatic carbocycles. The number of pyridine rings is 1. The first kappa shape index (κ1) is 22.8. The highest BCUT2D eigenvalue weighted by Gasteiger charge is 2.19. The Kier molecular flexibility index (Phi) is 7.58. The van der Waals surface area contributed by atoms with Crippen molar-refractivity contribution in [2.24, 2.45) is 0 Å². The number of nitrogens with one attached hydrogen (secondary N) is 1. The highest BCUT2D eigenvalue weighted by Crippen LogP contribution is 2.23. The van der Waals surface area contributed by atoms with E-state index in [1.807, 2.05) is 61.5 Å². The summed E-state index contributed by atoms with van der Waals surface area (Å²) in [7, 11) is 0. The molecule has 1 aliphatic heterocycles. The summed E-state index contributed by atoms with van der Waals surface area (Å²) >= 11 is 0. The van der Waals surface area contributed by atoms with Crippen LogP contribution in [0, 0.1) is 0 Å². The predicted octanol–water partition coefficient (Wildman–Crippen LogP) is 4.63. The van der Waals surface area contributed by atoms with E-state index < -0.39 is 0 Å². The van der Waals surface area contributed by atoms with Gasteiger partial charge in [-0.2, -0.15) is 0 Å². The second kappa shape index (κ2) is 11.0. The maximum atomic E-state index is 12.8. The minimum Gasteiger partial charge on any atom is -0.508 e. The van der Waals surface area contributed by atoms with E-state index in [2.05, 4.69) is 20.1 Å². The molecule has 172 valence electrons. The smallest absolute Gasteiger partial charge is 0.231 e. The number of carbonyl (C=O) groups excluding carboxylic acids is 1. The highest BCUT2D eigenvalue weighted by molar-refractivity contribution is 5.95. The number of benzene rings is 2. The maximum absolute atomic E-state index is 12.8. The lowest BCUT2D eigenvalue weighted by Crippen LogP contribution is -2.31. The molecular weight excluding hydrogens is 412 g/mol. The van der Waals surface area contributed by atoms with E-state index >= 15 is 0 Å². The zero-order chi connectivity index (χ0) is 23.0. The Hall–Kier alpha value is -3.38. The molecule has 1 atom stereocenters. The van der Waals surface area contributed by atoms with Gasteiger partial charge >= 0.3 is 0 Å². The van der Waals surface area contributed by atoms with E-state index in [-0.39, 0.29) is 11.8 Å². The summed E-state index contributed by atoms with van der Waals surface area (Å²) in [5.74, 6) is 1.07. The Balaban J connectivity index is 1.33. The number of nitrogens with zero attached hydrogens (tertiary/aromatic N) is 3. The number of aromatic hydroxyl groups is 1. The van der Waals surface area contributed by atoms with Gasteiger partial charge < -0.3 is 15.3 Å². The first-order valence-corrected chi connectivity index (χ1v) is 11.7. The van der Waals surface area contributed by atoms with Gasteiger partial charge in [0.1, 0.15) is 11.6 Å². The third-order valence-electron chi connectivity index (χ3n) is 6.20. The monoisotopic (exact) mass is 444 g/mol. The number of anilines is 2. The van der Waals surface area contributed by atoms with Gasteiger partial charge in [0.15, 0.2) is 0 Å². The molecule has 2 heterocycles. The van der Waals surface area contributed by atoms with Gasteiger partial charge in [-0.3, -0.25) is 9.69 Å². The van der Waals surface area contributed by atoms with Crippen molar-refractivity contribution in [3.05, 3.63) is 84.1 Å². The highest BCUT2D eigenvalue weighted by atomic mass is 16.3. The molecule has 6 heteroatoms. The van der Waals surface area contributed by atoms with E-state index in [1.54, 1.807) is 18.3 Å². The van der Waals surface area contributed by atoms with E-state index in [4.69, 9.17) is 0 Å². The van der Waals surface area contributed by atoms with Crippen LogP contribution in [0.5, 0.6) is 5.75 Å². The number of aromatic nitrogens is 1. The van der Waals surface area contributed by atoms with Crippen LogP contribution in [0.2, 0.25) is 0 Å². The van der Waals surface area contributed by atoms with Crippen LogP contribution in [-0.2, 0) is 11.3 Å². The zero-order valence-electron chi connectivity index (χ0n) is 19.2. The summed E-state index contributed by atoms with van der Waals surface area (Å²) in [5, 5.41) is 12.5. The van der Waals surface area contributed by atoms with E-state index in [0.717, 1.165) is 62.6 Å². The Labute approximate surface area is 195 Å². The summed E-state index contributed by atoms with van der Waals surface area (Å²) in [4.78, 5) is 22.2.